The lowest BCUT2D eigenvalue weighted by atomic mass is 10.3. The molecule has 1 unspecified atom stereocenters. The maximum Gasteiger partial charge on any atom is 0.0534 e. The molecule has 3 nitrogen and oxygen atoms in total. The van der Waals surface area contributed by atoms with Gasteiger partial charge in [-0.05, 0) is 19.2 Å². The highest BCUT2D eigenvalue weighted by molar-refractivity contribution is 7.99. The lowest BCUT2D eigenvalue weighted by molar-refractivity contribution is 0.647. The molecule has 1 aromatic rings. The highest BCUT2D eigenvalue weighted by Crippen LogP contribution is 2.08. The Labute approximate surface area is 90.3 Å². The Kier molecular flexibility index (Phi) is 5.04. The van der Waals surface area contributed by atoms with Crippen molar-refractivity contribution in [3.8, 4) is 0 Å². The fraction of sp³-hybridized carbons (Fsp3) is 0.700. The van der Waals surface area contributed by atoms with E-state index in [-0.39, 0.29) is 0 Å². The number of hydrogen-bond acceptors (Lipinski definition) is 3. The number of thioether (sulfide) groups is 1. The van der Waals surface area contributed by atoms with E-state index in [9.17, 15) is 0 Å². The molecule has 4 heteroatoms. The molecule has 0 aliphatic rings. The summed E-state index contributed by atoms with van der Waals surface area (Å²) < 4.78 is 1.83. The molecule has 1 heterocycles. The minimum absolute atomic E-state index is 0.747. The minimum Gasteiger partial charge on any atom is -0.313 e. The SMILES string of the molecule is CSC(C)CCNCc1cnn(C)c1. The van der Waals surface area contributed by atoms with Crippen molar-refractivity contribution >= 4 is 11.8 Å². The van der Waals surface area contributed by atoms with Crippen LogP contribution in [0.3, 0.4) is 0 Å². The third kappa shape index (κ3) is 4.15. The topological polar surface area (TPSA) is 29.9 Å². The standard InChI is InChI=1S/C10H19N3S/c1-9(14-3)4-5-11-6-10-7-12-13(2)8-10/h7-9,11H,4-6H2,1-3H3. The van der Waals surface area contributed by atoms with Crippen molar-refractivity contribution in [1.29, 1.82) is 0 Å². The van der Waals surface area contributed by atoms with Crippen LogP contribution in [0.1, 0.15) is 18.9 Å². The quantitative estimate of drug-likeness (QED) is 0.729. The summed E-state index contributed by atoms with van der Waals surface area (Å²) in [5.74, 6) is 0. The van der Waals surface area contributed by atoms with Gasteiger partial charge in [-0.3, -0.25) is 4.68 Å². The van der Waals surface area contributed by atoms with Crippen molar-refractivity contribution in [3.63, 3.8) is 0 Å². The van der Waals surface area contributed by atoms with E-state index in [0.29, 0.717) is 0 Å². The van der Waals surface area contributed by atoms with Crippen LogP contribution in [0, 0.1) is 0 Å². The van der Waals surface area contributed by atoms with Crippen molar-refractivity contribution < 1.29 is 0 Å². The van der Waals surface area contributed by atoms with Crippen LogP contribution in [-0.2, 0) is 13.6 Å². The highest BCUT2D eigenvalue weighted by Gasteiger charge is 1.99. The van der Waals surface area contributed by atoms with E-state index in [1.165, 1.54) is 12.0 Å². The molecule has 1 aromatic heterocycles. The summed E-state index contributed by atoms with van der Waals surface area (Å²) >= 11 is 1.92. The van der Waals surface area contributed by atoms with Gasteiger partial charge in [0.15, 0.2) is 0 Å². The zero-order chi connectivity index (χ0) is 10.4. The van der Waals surface area contributed by atoms with E-state index in [0.717, 1.165) is 18.3 Å². The maximum atomic E-state index is 4.12. The van der Waals surface area contributed by atoms with Gasteiger partial charge in [0.2, 0.25) is 0 Å². The monoisotopic (exact) mass is 213 g/mol. The first-order chi connectivity index (χ1) is 6.72. The second-order valence-corrected chi connectivity index (χ2v) is 4.81. The predicted octanol–water partition coefficient (Wildman–Crippen LogP) is 1.65. The zero-order valence-corrected chi connectivity index (χ0v) is 9.97. The predicted molar refractivity (Wildman–Crippen MR) is 62.5 cm³/mol. The van der Waals surface area contributed by atoms with Crippen LogP contribution in [0.2, 0.25) is 0 Å². The molecule has 0 aromatic carbocycles. The van der Waals surface area contributed by atoms with E-state index in [1.807, 2.05) is 35.9 Å². The number of rotatable bonds is 6. The van der Waals surface area contributed by atoms with Crippen LogP contribution < -0.4 is 5.32 Å². The Morgan fingerprint density at radius 1 is 1.64 bits per heavy atom. The lowest BCUT2D eigenvalue weighted by Crippen LogP contribution is -2.17. The number of aromatic nitrogens is 2. The van der Waals surface area contributed by atoms with Crippen LogP contribution >= 0.6 is 11.8 Å². The first-order valence-electron chi connectivity index (χ1n) is 4.93. The zero-order valence-electron chi connectivity index (χ0n) is 9.16. The van der Waals surface area contributed by atoms with Crippen LogP contribution in [0.15, 0.2) is 12.4 Å². The third-order valence-corrected chi connectivity index (χ3v) is 3.26. The normalized spacial score (nSPS) is 13.1. The summed E-state index contributed by atoms with van der Waals surface area (Å²) in [6.07, 6.45) is 7.34. The average Bonchev–Trinajstić information content (AvgIpc) is 2.58. The Bertz CT molecular complexity index is 260. The molecular formula is C10H19N3S. The molecule has 0 fully saturated rings. The first kappa shape index (κ1) is 11.6. The van der Waals surface area contributed by atoms with E-state index >= 15 is 0 Å². The van der Waals surface area contributed by atoms with Crippen LogP contribution in [0.5, 0.6) is 0 Å². The Balaban J connectivity index is 2.10. The van der Waals surface area contributed by atoms with Gasteiger partial charge in [-0.25, -0.2) is 0 Å². The maximum absolute atomic E-state index is 4.12. The lowest BCUT2D eigenvalue weighted by Gasteiger charge is -2.07. The molecule has 0 aliphatic carbocycles. The van der Waals surface area contributed by atoms with Gasteiger partial charge in [0, 0.05) is 30.6 Å². The number of aryl methyl sites for hydroxylation is 1. The Morgan fingerprint density at radius 2 is 2.43 bits per heavy atom. The molecule has 1 N–H and O–H groups in total. The van der Waals surface area contributed by atoms with Crippen molar-refractivity contribution in [1.82, 2.24) is 15.1 Å². The van der Waals surface area contributed by atoms with E-state index in [1.54, 1.807) is 0 Å². The van der Waals surface area contributed by atoms with Gasteiger partial charge >= 0.3 is 0 Å². The van der Waals surface area contributed by atoms with E-state index in [4.69, 9.17) is 0 Å². The molecule has 0 amide bonds. The molecule has 0 saturated carbocycles. The molecule has 1 atom stereocenters. The molecule has 80 valence electrons. The minimum atomic E-state index is 0.747. The second kappa shape index (κ2) is 6.09. The van der Waals surface area contributed by atoms with Crippen LogP contribution in [-0.4, -0.2) is 27.8 Å². The smallest absolute Gasteiger partial charge is 0.0534 e. The Hall–Kier alpha value is -0.480. The van der Waals surface area contributed by atoms with Gasteiger partial charge < -0.3 is 5.32 Å². The summed E-state index contributed by atoms with van der Waals surface area (Å²) in [6, 6.07) is 0. The van der Waals surface area contributed by atoms with Crippen LogP contribution in [0.4, 0.5) is 0 Å². The van der Waals surface area contributed by atoms with Crippen molar-refractivity contribution in [2.45, 2.75) is 25.1 Å². The van der Waals surface area contributed by atoms with Gasteiger partial charge in [0.1, 0.15) is 0 Å². The van der Waals surface area contributed by atoms with Crippen LogP contribution in [0.25, 0.3) is 0 Å². The molecule has 0 bridgehead atoms. The summed E-state index contributed by atoms with van der Waals surface area (Å²) in [7, 11) is 1.94. The molecule has 1 rings (SSSR count). The molecule has 0 radical (unpaired) electrons. The van der Waals surface area contributed by atoms with Gasteiger partial charge in [-0.15, -0.1) is 0 Å². The van der Waals surface area contributed by atoms with E-state index in [2.05, 4.69) is 23.6 Å². The van der Waals surface area contributed by atoms with Gasteiger partial charge in [0.05, 0.1) is 6.20 Å². The first-order valence-corrected chi connectivity index (χ1v) is 6.22. The van der Waals surface area contributed by atoms with Gasteiger partial charge in [-0.2, -0.15) is 16.9 Å². The summed E-state index contributed by atoms with van der Waals surface area (Å²) in [5.41, 5.74) is 1.25. The van der Waals surface area contributed by atoms with Crippen molar-refractivity contribution in [2.75, 3.05) is 12.8 Å². The molecular weight excluding hydrogens is 194 g/mol. The van der Waals surface area contributed by atoms with Crippen molar-refractivity contribution in [2.24, 2.45) is 7.05 Å². The van der Waals surface area contributed by atoms with Crippen molar-refractivity contribution in [3.05, 3.63) is 18.0 Å². The van der Waals surface area contributed by atoms with Gasteiger partial charge in [0.25, 0.3) is 0 Å². The molecule has 0 aliphatic heterocycles. The largest absolute Gasteiger partial charge is 0.313 e. The molecule has 14 heavy (non-hydrogen) atoms. The Morgan fingerprint density at radius 3 is 3.00 bits per heavy atom. The average molecular weight is 213 g/mol. The van der Waals surface area contributed by atoms with E-state index < -0.39 is 0 Å². The fourth-order valence-corrected chi connectivity index (χ4v) is 1.57. The van der Waals surface area contributed by atoms with Gasteiger partial charge in [-0.1, -0.05) is 6.92 Å². The third-order valence-electron chi connectivity index (χ3n) is 2.22. The highest BCUT2D eigenvalue weighted by atomic mass is 32.2. The molecule has 0 spiro atoms. The number of nitrogens with zero attached hydrogens (tertiary/aromatic N) is 2. The molecule has 0 saturated heterocycles. The number of nitrogens with one attached hydrogen (secondary N) is 1. The summed E-state index contributed by atoms with van der Waals surface area (Å²) in [4.78, 5) is 0. The summed E-state index contributed by atoms with van der Waals surface area (Å²) in [6.45, 7) is 4.27. The fourth-order valence-electron chi connectivity index (χ4n) is 1.22. The number of hydrogen-bond donors (Lipinski definition) is 1. The summed E-state index contributed by atoms with van der Waals surface area (Å²) in [5, 5.41) is 8.28. The second-order valence-electron chi connectivity index (χ2n) is 3.53.